The van der Waals surface area contributed by atoms with Crippen molar-refractivity contribution in [2.75, 3.05) is 19.8 Å². The van der Waals surface area contributed by atoms with Crippen molar-refractivity contribution in [2.24, 2.45) is 0 Å². The van der Waals surface area contributed by atoms with Crippen LogP contribution in [0.1, 0.15) is 56.4 Å². The molecule has 0 spiro atoms. The van der Waals surface area contributed by atoms with Gasteiger partial charge in [-0.15, -0.1) is 0 Å². The van der Waals surface area contributed by atoms with Gasteiger partial charge in [0.15, 0.2) is 6.61 Å². The summed E-state index contributed by atoms with van der Waals surface area (Å²) in [6.45, 7) is 1.67. The zero-order valence-electron chi connectivity index (χ0n) is 14.3. The van der Waals surface area contributed by atoms with Crippen LogP contribution in [0.3, 0.4) is 0 Å². The number of hydrogen-bond acceptors (Lipinski definition) is 3. The average molecular weight is 329 g/mol. The van der Waals surface area contributed by atoms with Crippen LogP contribution < -0.4 is 4.74 Å². The summed E-state index contributed by atoms with van der Waals surface area (Å²) in [6.07, 6.45) is 8.20. The van der Waals surface area contributed by atoms with Gasteiger partial charge in [-0.25, -0.2) is 0 Å². The number of piperidine rings is 1. The lowest BCUT2D eigenvalue weighted by Crippen LogP contribution is -2.48. The number of carbonyl (C=O) groups excluding carboxylic acids is 1. The van der Waals surface area contributed by atoms with Crippen molar-refractivity contribution >= 4 is 5.91 Å². The molecule has 1 unspecified atom stereocenters. The van der Waals surface area contributed by atoms with Gasteiger partial charge < -0.3 is 14.4 Å². The van der Waals surface area contributed by atoms with E-state index in [0.29, 0.717) is 18.6 Å². The first-order valence-corrected chi connectivity index (χ1v) is 9.44. The molecule has 4 aliphatic rings. The van der Waals surface area contributed by atoms with E-state index in [1.54, 1.807) is 0 Å². The van der Waals surface area contributed by atoms with E-state index in [1.165, 1.54) is 12.0 Å². The van der Waals surface area contributed by atoms with E-state index in [4.69, 9.17) is 9.47 Å². The molecule has 0 N–H and O–H groups in total. The van der Waals surface area contributed by atoms with E-state index in [-0.39, 0.29) is 18.6 Å². The number of amides is 1. The maximum Gasteiger partial charge on any atom is 0.260 e. The highest BCUT2D eigenvalue weighted by atomic mass is 16.5. The van der Waals surface area contributed by atoms with Crippen LogP contribution in [0.15, 0.2) is 24.3 Å². The van der Waals surface area contributed by atoms with Crippen LogP contribution in [-0.2, 0) is 9.53 Å². The summed E-state index contributed by atoms with van der Waals surface area (Å²) in [5.41, 5.74) is 1.26. The third-order valence-electron chi connectivity index (χ3n) is 5.86. The molecule has 1 atom stereocenters. The summed E-state index contributed by atoms with van der Waals surface area (Å²) < 4.78 is 12.2. The highest BCUT2D eigenvalue weighted by molar-refractivity contribution is 5.78. The van der Waals surface area contributed by atoms with Crippen LogP contribution in [0, 0.1) is 0 Å². The number of fused-ring (bicyclic) bond motifs is 5. The van der Waals surface area contributed by atoms with Gasteiger partial charge in [0.25, 0.3) is 5.91 Å². The molecular weight excluding hydrogens is 302 g/mol. The van der Waals surface area contributed by atoms with Gasteiger partial charge in [-0.3, -0.25) is 4.79 Å². The van der Waals surface area contributed by atoms with E-state index in [0.717, 1.165) is 50.8 Å². The number of ether oxygens (including phenoxy) is 2. The Morgan fingerprint density at radius 3 is 2.71 bits per heavy atom. The van der Waals surface area contributed by atoms with Crippen LogP contribution in [0.25, 0.3) is 0 Å². The van der Waals surface area contributed by atoms with E-state index in [2.05, 4.69) is 12.1 Å². The molecule has 130 valence electrons. The Balaban J connectivity index is 1.60. The number of carbonyl (C=O) groups is 1. The molecule has 1 aromatic rings. The topological polar surface area (TPSA) is 38.8 Å². The molecule has 2 bridgehead atoms. The average Bonchev–Trinajstić information content (AvgIpc) is 2.66. The van der Waals surface area contributed by atoms with Crippen molar-refractivity contribution in [3.8, 4) is 5.75 Å². The Labute approximate surface area is 144 Å². The molecule has 3 aliphatic heterocycles. The number of rotatable bonds is 0. The third-order valence-corrected chi connectivity index (χ3v) is 5.86. The summed E-state index contributed by atoms with van der Waals surface area (Å²) in [5.74, 6) is 1.52. The van der Waals surface area contributed by atoms with Crippen molar-refractivity contribution < 1.29 is 14.3 Å². The predicted octanol–water partition coefficient (Wildman–Crippen LogP) is 3.50. The van der Waals surface area contributed by atoms with Crippen molar-refractivity contribution in [3.63, 3.8) is 0 Å². The molecule has 1 aliphatic carbocycles. The zero-order valence-corrected chi connectivity index (χ0v) is 14.3. The molecule has 5 rings (SSSR count). The second-order valence-electron chi connectivity index (χ2n) is 7.37. The van der Waals surface area contributed by atoms with Crippen LogP contribution in [0.2, 0.25) is 0 Å². The SMILES string of the molecule is O=C1COc2ccccc2C2CCC(CC2)OCC2CCCCN12. The highest BCUT2D eigenvalue weighted by Crippen LogP contribution is 2.38. The van der Waals surface area contributed by atoms with Crippen molar-refractivity contribution in [3.05, 3.63) is 29.8 Å². The standard InChI is InChI=1S/C20H27NO3/c22-20-14-24-19-7-2-1-6-18(19)15-8-10-17(11-9-15)23-13-16-5-3-4-12-21(16)20/h1-2,6-7,15-17H,3-5,8-14H2. The first kappa shape index (κ1) is 15.9. The first-order valence-electron chi connectivity index (χ1n) is 9.44. The van der Waals surface area contributed by atoms with Crippen LogP contribution in [-0.4, -0.2) is 42.7 Å². The summed E-state index contributed by atoms with van der Waals surface area (Å²) in [7, 11) is 0. The molecule has 3 heterocycles. The normalized spacial score (nSPS) is 31.1. The lowest BCUT2D eigenvalue weighted by atomic mass is 9.82. The van der Waals surface area contributed by atoms with Gasteiger partial charge in [0, 0.05) is 6.54 Å². The van der Waals surface area contributed by atoms with Gasteiger partial charge in [-0.05, 0) is 62.5 Å². The van der Waals surface area contributed by atoms with Gasteiger partial charge in [0.1, 0.15) is 5.75 Å². The molecule has 24 heavy (non-hydrogen) atoms. The molecule has 4 nitrogen and oxygen atoms in total. The minimum Gasteiger partial charge on any atom is -0.483 e. The minimum absolute atomic E-state index is 0.102. The molecule has 0 radical (unpaired) electrons. The highest BCUT2D eigenvalue weighted by Gasteiger charge is 2.31. The molecule has 0 aromatic heterocycles. The summed E-state index contributed by atoms with van der Waals surface area (Å²) in [4.78, 5) is 14.7. The molecular formula is C20H27NO3. The monoisotopic (exact) mass is 329 g/mol. The largest absolute Gasteiger partial charge is 0.483 e. The van der Waals surface area contributed by atoms with E-state index in [9.17, 15) is 4.79 Å². The van der Waals surface area contributed by atoms with Crippen molar-refractivity contribution in [1.29, 1.82) is 0 Å². The van der Waals surface area contributed by atoms with Crippen molar-refractivity contribution in [2.45, 2.75) is 63.0 Å². The number of hydrogen-bond donors (Lipinski definition) is 0. The Morgan fingerprint density at radius 2 is 1.83 bits per heavy atom. The predicted molar refractivity (Wildman–Crippen MR) is 92.2 cm³/mol. The Bertz CT molecular complexity index is 580. The smallest absolute Gasteiger partial charge is 0.260 e. The van der Waals surface area contributed by atoms with Gasteiger partial charge in [-0.1, -0.05) is 18.2 Å². The Morgan fingerprint density at radius 1 is 1.00 bits per heavy atom. The summed E-state index contributed by atoms with van der Waals surface area (Å²) in [6, 6.07) is 8.47. The fourth-order valence-corrected chi connectivity index (χ4v) is 4.46. The first-order chi connectivity index (χ1) is 11.8. The Hall–Kier alpha value is -1.55. The van der Waals surface area contributed by atoms with Crippen LogP contribution in [0.4, 0.5) is 0 Å². The summed E-state index contributed by atoms with van der Waals surface area (Å²) >= 11 is 0. The fraction of sp³-hybridized carbons (Fsp3) is 0.650. The number of benzene rings is 1. The van der Waals surface area contributed by atoms with Crippen molar-refractivity contribution in [1.82, 2.24) is 4.90 Å². The van der Waals surface area contributed by atoms with Gasteiger partial charge >= 0.3 is 0 Å². The molecule has 1 amide bonds. The van der Waals surface area contributed by atoms with Crippen LogP contribution >= 0.6 is 0 Å². The van der Waals surface area contributed by atoms with E-state index < -0.39 is 0 Å². The van der Waals surface area contributed by atoms with Gasteiger partial charge in [-0.2, -0.15) is 0 Å². The molecule has 4 heteroatoms. The Kier molecular flexibility index (Phi) is 4.74. The van der Waals surface area contributed by atoms with Gasteiger partial charge in [0.2, 0.25) is 0 Å². The second kappa shape index (κ2) is 7.14. The zero-order chi connectivity index (χ0) is 16.4. The lowest BCUT2D eigenvalue weighted by molar-refractivity contribution is -0.139. The van der Waals surface area contributed by atoms with Crippen LogP contribution in [0.5, 0.6) is 5.75 Å². The molecule has 1 saturated carbocycles. The number of nitrogens with zero attached hydrogens (tertiary/aromatic N) is 1. The molecule has 1 aromatic carbocycles. The quantitative estimate of drug-likeness (QED) is 0.731. The maximum absolute atomic E-state index is 12.7. The fourth-order valence-electron chi connectivity index (χ4n) is 4.46. The molecule has 1 saturated heterocycles. The van der Waals surface area contributed by atoms with E-state index >= 15 is 0 Å². The lowest BCUT2D eigenvalue weighted by Gasteiger charge is -2.36. The van der Waals surface area contributed by atoms with E-state index in [1.807, 2.05) is 17.0 Å². The second-order valence-corrected chi connectivity index (χ2v) is 7.37. The minimum atomic E-state index is 0.102. The van der Waals surface area contributed by atoms with Gasteiger partial charge in [0.05, 0.1) is 18.8 Å². The number of para-hydroxylation sites is 1. The maximum atomic E-state index is 12.7. The third kappa shape index (κ3) is 3.30. The molecule has 2 fully saturated rings. The summed E-state index contributed by atoms with van der Waals surface area (Å²) in [5, 5.41) is 0.